The van der Waals surface area contributed by atoms with E-state index in [1.807, 2.05) is 38.0 Å². The molecule has 0 aliphatic carbocycles. The minimum Gasteiger partial charge on any atom is -0.461 e. The van der Waals surface area contributed by atoms with Gasteiger partial charge in [0.25, 0.3) is 0 Å². The SMILES string of the molecule is CC(=COC(=O)/C=C\C(=O)OC=C(C)C(=O)OCCN(C)C)C(=O)OCCN(C)C. The van der Waals surface area contributed by atoms with Gasteiger partial charge in [-0.3, -0.25) is 0 Å². The Morgan fingerprint density at radius 1 is 0.667 bits per heavy atom. The van der Waals surface area contributed by atoms with E-state index >= 15 is 0 Å². The van der Waals surface area contributed by atoms with Gasteiger partial charge in [0.2, 0.25) is 0 Å². The lowest BCUT2D eigenvalue weighted by atomic mass is 10.3. The second-order valence-electron chi connectivity index (χ2n) is 6.69. The van der Waals surface area contributed by atoms with Gasteiger partial charge < -0.3 is 28.7 Å². The van der Waals surface area contributed by atoms with Crippen LogP contribution in [0.5, 0.6) is 0 Å². The minimum atomic E-state index is -0.892. The van der Waals surface area contributed by atoms with Gasteiger partial charge in [-0.15, -0.1) is 0 Å². The first kappa shape index (κ1) is 27.0. The Labute approximate surface area is 176 Å². The van der Waals surface area contributed by atoms with E-state index in [0.29, 0.717) is 13.1 Å². The van der Waals surface area contributed by atoms with Crippen molar-refractivity contribution in [1.29, 1.82) is 0 Å². The number of hydrogen-bond donors (Lipinski definition) is 0. The molecular formula is C20H30N2O8. The number of carbonyl (C=O) groups excluding carboxylic acids is 4. The summed E-state index contributed by atoms with van der Waals surface area (Å²) in [5.41, 5.74) is 0.175. The molecule has 0 atom stereocenters. The zero-order chi connectivity index (χ0) is 23.1. The Bertz CT molecular complexity index is 635. The first-order valence-electron chi connectivity index (χ1n) is 9.09. The Morgan fingerprint density at radius 2 is 1.00 bits per heavy atom. The summed E-state index contributed by atoms with van der Waals surface area (Å²) in [6.45, 7) is 4.37. The predicted molar refractivity (Wildman–Crippen MR) is 108 cm³/mol. The predicted octanol–water partition coefficient (Wildman–Crippen LogP) is 0.646. The van der Waals surface area contributed by atoms with Crippen LogP contribution in [0, 0.1) is 0 Å². The summed E-state index contributed by atoms with van der Waals surface area (Å²) >= 11 is 0. The number of carbonyl (C=O) groups is 4. The normalized spacial score (nSPS) is 12.3. The summed E-state index contributed by atoms with van der Waals surface area (Å²) in [4.78, 5) is 50.2. The molecule has 168 valence electrons. The average Bonchev–Trinajstić information content (AvgIpc) is 2.67. The van der Waals surface area contributed by atoms with Gasteiger partial charge in [0.05, 0.1) is 11.1 Å². The molecule has 0 spiro atoms. The van der Waals surface area contributed by atoms with Gasteiger partial charge >= 0.3 is 23.9 Å². The number of likely N-dealkylation sites (N-methyl/N-ethyl adjacent to an activating group) is 2. The zero-order valence-electron chi connectivity index (χ0n) is 18.3. The molecule has 0 aromatic carbocycles. The number of esters is 4. The smallest absolute Gasteiger partial charge is 0.336 e. The van der Waals surface area contributed by atoms with Gasteiger partial charge in [0.1, 0.15) is 25.7 Å². The molecule has 0 aliphatic rings. The van der Waals surface area contributed by atoms with Crippen LogP contribution in [-0.4, -0.2) is 88.2 Å². The minimum absolute atomic E-state index is 0.0874. The van der Waals surface area contributed by atoms with Gasteiger partial charge in [-0.25, -0.2) is 19.2 Å². The maximum absolute atomic E-state index is 11.7. The molecule has 10 heteroatoms. The highest BCUT2D eigenvalue weighted by Crippen LogP contribution is 2.00. The molecule has 0 bridgehead atoms. The van der Waals surface area contributed by atoms with Gasteiger partial charge in [0, 0.05) is 25.2 Å². The largest absolute Gasteiger partial charge is 0.461 e. The van der Waals surface area contributed by atoms with Crippen molar-refractivity contribution >= 4 is 23.9 Å². The molecule has 0 saturated carbocycles. The van der Waals surface area contributed by atoms with E-state index in [2.05, 4.69) is 0 Å². The molecule has 0 unspecified atom stereocenters. The van der Waals surface area contributed by atoms with E-state index in [-0.39, 0.29) is 24.4 Å². The third-order valence-corrected chi connectivity index (χ3v) is 3.25. The Hall–Kier alpha value is -2.98. The van der Waals surface area contributed by atoms with Crippen molar-refractivity contribution in [3.63, 3.8) is 0 Å². The van der Waals surface area contributed by atoms with E-state index in [4.69, 9.17) is 18.9 Å². The van der Waals surface area contributed by atoms with Crippen molar-refractivity contribution in [1.82, 2.24) is 9.80 Å². The second-order valence-corrected chi connectivity index (χ2v) is 6.69. The van der Waals surface area contributed by atoms with E-state index in [9.17, 15) is 19.2 Å². The molecule has 0 fully saturated rings. The second kappa shape index (κ2) is 14.9. The molecule has 0 saturated heterocycles. The molecule has 0 amide bonds. The van der Waals surface area contributed by atoms with Crippen molar-refractivity contribution in [3.8, 4) is 0 Å². The molecular weight excluding hydrogens is 396 g/mol. The number of nitrogens with zero attached hydrogens (tertiary/aromatic N) is 2. The number of rotatable bonds is 12. The van der Waals surface area contributed by atoms with Crippen molar-refractivity contribution in [2.24, 2.45) is 0 Å². The van der Waals surface area contributed by atoms with E-state index < -0.39 is 23.9 Å². The molecule has 0 aliphatic heterocycles. The fourth-order valence-electron chi connectivity index (χ4n) is 1.47. The maximum atomic E-state index is 11.7. The van der Waals surface area contributed by atoms with Crippen molar-refractivity contribution in [2.75, 3.05) is 54.5 Å². The fourth-order valence-corrected chi connectivity index (χ4v) is 1.47. The van der Waals surface area contributed by atoms with Crippen molar-refractivity contribution < 1.29 is 38.1 Å². The average molecular weight is 426 g/mol. The van der Waals surface area contributed by atoms with Crippen LogP contribution in [0.25, 0.3) is 0 Å². The highest BCUT2D eigenvalue weighted by atomic mass is 16.6. The lowest BCUT2D eigenvalue weighted by Gasteiger charge is -2.09. The van der Waals surface area contributed by atoms with E-state index in [1.165, 1.54) is 13.8 Å². The van der Waals surface area contributed by atoms with Crippen LogP contribution in [0.15, 0.2) is 35.8 Å². The lowest BCUT2D eigenvalue weighted by molar-refractivity contribution is -0.141. The van der Waals surface area contributed by atoms with Gasteiger partial charge in [-0.1, -0.05) is 0 Å². The lowest BCUT2D eigenvalue weighted by Crippen LogP contribution is -2.20. The summed E-state index contributed by atoms with van der Waals surface area (Å²) < 4.78 is 19.4. The highest BCUT2D eigenvalue weighted by Gasteiger charge is 2.09. The third-order valence-electron chi connectivity index (χ3n) is 3.25. The molecule has 0 aromatic rings. The topological polar surface area (TPSA) is 112 Å². The van der Waals surface area contributed by atoms with Crippen LogP contribution >= 0.6 is 0 Å². The van der Waals surface area contributed by atoms with Gasteiger partial charge in [0.15, 0.2) is 0 Å². The van der Waals surface area contributed by atoms with Crippen LogP contribution in [0.2, 0.25) is 0 Å². The number of hydrogen-bond acceptors (Lipinski definition) is 10. The van der Waals surface area contributed by atoms with Crippen LogP contribution in [-0.2, 0) is 38.1 Å². The first-order chi connectivity index (χ1) is 14.0. The van der Waals surface area contributed by atoms with Crippen LogP contribution in [0.3, 0.4) is 0 Å². The molecule has 0 aromatic heterocycles. The van der Waals surface area contributed by atoms with Crippen molar-refractivity contribution in [2.45, 2.75) is 13.8 Å². The Morgan fingerprint density at radius 3 is 1.30 bits per heavy atom. The Balaban J connectivity index is 4.38. The molecule has 0 rings (SSSR count). The standard InChI is InChI=1S/C20H30N2O8/c1-15(19(25)27-11-9-21(3)4)13-29-17(23)7-8-18(24)30-14-16(2)20(26)28-12-10-22(5)6/h7-8,13-14H,9-12H2,1-6H3/b8-7-,15-13?,16-14?. The number of ether oxygens (including phenoxy) is 4. The molecule has 10 nitrogen and oxygen atoms in total. The summed E-state index contributed by atoms with van der Waals surface area (Å²) in [5, 5.41) is 0. The Kier molecular flexibility index (Phi) is 13.5. The van der Waals surface area contributed by atoms with Crippen molar-refractivity contribution in [3.05, 3.63) is 35.8 Å². The fraction of sp³-hybridized carbons (Fsp3) is 0.500. The molecule has 0 radical (unpaired) electrons. The van der Waals surface area contributed by atoms with Gasteiger partial charge in [-0.05, 0) is 42.0 Å². The summed E-state index contributed by atoms with van der Waals surface area (Å²) in [6.07, 6.45) is 3.51. The summed E-state index contributed by atoms with van der Waals surface area (Å²) in [5.74, 6) is -3.02. The summed E-state index contributed by atoms with van der Waals surface area (Å²) in [6, 6.07) is 0. The van der Waals surface area contributed by atoms with Crippen LogP contribution < -0.4 is 0 Å². The monoisotopic (exact) mass is 426 g/mol. The molecule has 0 N–H and O–H groups in total. The van der Waals surface area contributed by atoms with E-state index in [1.54, 1.807) is 0 Å². The summed E-state index contributed by atoms with van der Waals surface area (Å²) in [7, 11) is 7.35. The highest BCUT2D eigenvalue weighted by molar-refractivity contribution is 5.93. The van der Waals surface area contributed by atoms with Gasteiger partial charge in [-0.2, -0.15) is 0 Å². The zero-order valence-corrected chi connectivity index (χ0v) is 18.3. The van der Waals surface area contributed by atoms with E-state index in [0.717, 1.165) is 24.7 Å². The van der Waals surface area contributed by atoms with Crippen LogP contribution in [0.4, 0.5) is 0 Å². The third kappa shape index (κ3) is 14.1. The quantitative estimate of drug-likeness (QED) is 0.191. The van der Waals surface area contributed by atoms with Crippen LogP contribution in [0.1, 0.15) is 13.8 Å². The molecule has 30 heavy (non-hydrogen) atoms. The first-order valence-corrected chi connectivity index (χ1v) is 9.09. The maximum Gasteiger partial charge on any atom is 0.336 e. The molecule has 0 heterocycles.